The van der Waals surface area contributed by atoms with Gasteiger partial charge in [-0.1, -0.05) is 13.0 Å². The molecule has 3 N–H and O–H groups in total. The zero-order chi connectivity index (χ0) is 15.1. The average Bonchev–Trinajstić information content (AvgIpc) is 2.38. The summed E-state index contributed by atoms with van der Waals surface area (Å²) in [5.74, 6) is -1.11. The Balaban J connectivity index is 2.48. The van der Waals surface area contributed by atoms with Crippen LogP contribution in [0.2, 0.25) is 0 Å². The first-order valence-corrected chi connectivity index (χ1v) is 6.59. The smallest absolute Gasteiger partial charge is 0.321 e. The van der Waals surface area contributed by atoms with Crippen molar-refractivity contribution in [3.05, 3.63) is 12.7 Å². The number of hydrogen-bond donors (Lipinski definition) is 3. The summed E-state index contributed by atoms with van der Waals surface area (Å²) in [6, 6.07) is -1.27. The summed E-state index contributed by atoms with van der Waals surface area (Å²) in [5.41, 5.74) is 0. The van der Waals surface area contributed by atoms with Gasteiger partial charge in [0.15, 0.2) is 0 Å². The standard InChI is InChI=1S/C13H21N3O4/c1-3-5-14-13(20)15-11(17)8-16-6-4-9(2)7-10(16)12(18)19/h3,9-10H,1,4-8H2,2H3,(H,18,19)(H2,14,15,17,20). The normalized spacial score (nSPS) is 22.9. The van der Waals surface area contributed by atoms with Crippen LogP contribution in [0, 0.1) is 5.92 Å². The second-order valence-electron chi connectivity index (χ2n) is 5.00. The Morgan fingerprint density at radius 1 is 1.45 bits per heavy atom. The molecule has 1 fully saturated rings. The lowest BCUT2D eigenvalue weighted by Crippen LogP contribution is -2.52. The van der Waals surface area contributed by atoms with Gasteiger partial charge in [0.2, 0.25) is 5.91 Å². The number of nitrogens with one attached hydrogen (secondary N) is 2. The van der Waals surface area contributed by atoms with Crippen LogP contribution < -0.4 is 10.6 Å². The topological polar surface area (TPSA) is 98.7 Å². The number of piperidine rings is 1. The molecule has 0 aromatic heterocycles. The van der Waals surface area contributed by atoms with E-state index in [4.69, 9.17) is 0 Å². The number of imide groups is 1. The van der Waals surface area contributed by atoms with Gasteiger partial charge in [-0.2, -0.15) is 0 Å². The van der Waals surface area contributed by atoms with Gasteiger partial charge in [-0.3, -0.25) is 19.8 Å². The molecule has 0 bridgehead atoms. The molecule has 7 nitrogen and oxygen atoms in total. The monoisotopic (exact) mass is 283 g/mol. The van der Waals surface area contributed by atoms with E-state index in [1.54, 1.807) is 4.90 Å². The molecule has 7 heteroatoms. The molecule has 112 valence electrons. The van der Waals surface area contributed by atoms with E-state index in [2.05, 4.69) is 17.2 Å². The third-order valence-electron chi connectivity index (χ3n) is 3.27. The van der Waals surface area contributed by atoms with Gasteiger partial charge in [-0.05, 0) is 25.3 Å². The predicted octanol–water partition coefficient (Wildman–Crippen LogP) is 0.183. The Hall–Kier alpha value is -1.89. The van der Waals surface area contributed by atoms with Crippen LogP contribution in [0.5, 0.6) is 0 Å². The van der Waals surface area contributed by atoms with Crippen LogP contribution in [0.15, 0.2) is 12.7 Å². The lowest BCUT2D eigenvalue weighted by molar-refractivity contribution is -0.146. The van der Waals surface area contributed by atoms with E-state index in [1.807, 2.05) is 6.92 Å². The molecule has 1 aliphatic heterocycles. The number of carboxylic acid groups (broad SMARTS) is 1. The molecule has 1 saturated heterocycles. The maximum atomic E-state index is 11.7. The Morgan fingerprint density at radius 3 is 2.75 bits per heavy atom. The third kappa shape index (κ3) is 5.00. The van der Waals surface area contributed by atoms with Gasteiger partial charge < -0.3 is 10.4 Å². The van der Waals surface area contributed by atoms with Gasteiger partial charge in [0.25, 0.3) is 0 Å². The molecular weight excluding hydrogens is 262 g/mol. The molecule has 1 aliphatic rings. The number of carboxylic acids is 1. The van der Waals surface area contributed by atoms with Crippen LogP contribution in [0.25, 0.3) is 0 Å². The van der Waals surface area contributed by atoms with Crippen molar-refractivity contribution in [2.24, 2.45) is 5.92 Å². The molecule has 1 heterocycles. The molecule has 0 spiro atoms. The number of nitrogens with zero attached hydrogens (tertiary/aromatic N) is 1. The second-order valence-corrected chi connectivity index (χ2v) is 5.00. The molecule has 1 rings (SSSR count). The maximum Gasteiger partial charge on any atom is 0.321 e. The highest BCUT2D eigenvalue weighted by molar-refractivity contribution is 5.95. The van der Waals surface area contributed by atoms with E-state index in [-0.39, 0.29) is 13.1 Å². The van der Waals surface area contributed by atoms with Crippen molar-refractivity contribution in [3.63, 3.8) is 0 Å². The van der Waals surface area contributed by atoms with Crippen molar-refractivity contribution >= 4 is 17.9 Å². The quantitative estimate of drug-likeness (QED) is 0.625. The third-order valence-corrected chi connectivity index (χ3v) is 3.27. The van der Waals surface area contributed by atoms with Crippen LogP contribution in [0.3, 0.4) is 0 Å². The summed E-state index contributed by atoms with van der Waals surface area (Å²) in [7, 11) is 0. The summed E-state index contributed by atoms with van der Waals surface area (Å²) in [4.78, 5) is 35.8. The highest BCUT2D eigenvalue weighted by Gasteiger charge is 2.32. The number of aliphatic carboxylic acids is 1. The van der Waals surface area contributed by atoms with Crippen molar-refractivity contribution in [1.29, 1.82) is 0 Å². The molecule has 0 aromatic carbocycles. The summed E-state index contributed by atoms with van der Waals surface area (Å²) in [5, 5.41) is 13.8. The van der Waals surface area contributed by atoms with E-state index in [9.17, 15) is 19.5 Å². The van der Waals surface area contributed by atoms with Crippen LogP contribution in [-0.4, -0.2) is 53.6 Å². The van der Waals surface area contributed by atoms with Crippen LogP contribution in [0.1, 0.15) is 19.8 Å². The number of carbonyl (C=O) groups is 3. The molecule has 2 unspecified atom stereocenters. The van der Waals surface area contributed by atoms with Gasteiger partial charge >= 0.3 is 12.0 Å². The molecule has 0 radical (unpaired) electrons. The average molecular weight is 283 g/mol. The fourth-order valence-corrected chi connectivity index (χ4v) is 2.20. The summed E-state index contributed by atoms with van der Waals surface area (Å²) >= 11 is 0. The van der Waals surface area contributed by atoms with Crippen LogP contribution in [0.4, 0.5) is 4.79 Å². The van der Waals surface area contributed by atoms with Gasteiger partial charge in [-0.25, -0.2) is 4.79 Å². The number of carbonyl (C=O) groups excluding carboxylic acids is 2. The van der Waals surface area contributed by atoms with E-state index in [0.29, 0.717) is 18.9 Å². The summed E-state index contributed by atoms with van der Waals surface area (Å²) in [6.07, 6.45) is 2.86. The van der Waals surface area contributed by atoms with Gasteiger partial charge in [-0.15, -0.1) is 6.58 Å². The Labute approximate surface area is 118 Å². The van der Waals surface area contributed by atoms with Crippen LogP contribution in [-0.2, 0) is 9.59 Å². The lowest BCUT2D eigenvalue weighted by Gasteiger charge is -2.35. The van der Waals surface area contributed by atoms with Crippen molar-refractivity contribution in [1.82, 2.24) is 15.5 Å². The van der Waals surface area contributed by atoms with E-state index >= 15 is 0 Å². The van der Waals surface area contributed by atoms with Gasteiger partial charge in [0.1, 0.15) is 6.04 Å². The minimum atomic E-state index is -0.930. The van der Waals surface area contributed by atoms with Gasteiger partial charge in [0, 0.05) is 6.54 Å². The molecule has 20 heavy (non-hydrogen) atoms. The molecule has 0 aromatic rings. The number of amides is 3. The first kappa shape index (κ1) is 16.2. The highest BCUT2D eigenvalue weighted by Crippen LogP contribution is 2.22. The molecular formula is C13H21N3O4. The fraction of sp³-hybridized carbons (Fsp3) is 0.615. The molecule has 3 amide bonds. The van der Waals surface area contributed by atoms with E-state index < -0.39 is 23.9 Å². The predicted molar refractivity (Wildman–Crippen MR) is 73.1 cm³/mol. The number of urea groups is 1. The fourth-order valence-electron chi connectivity index (χ4n) is 2.20. The number of hydrogen-bond acceptors (Lipinski definition) is 4. The number of likely N-dealkylation sites (tertiary alicyclic amines) is 1. The molecule has 2 atom stereocenters. The zero-order valence-electron chi connectivity index (χ0n) is 11.6. The Kier molecular flexibility index (Phi) is 6.17. The Bertz CT molecular complexity index is 397. The zero-order valence-corrected chi connectivity index (χ0v) is 11.6. The van der Waals surface area contributed by atoms with Crippen molar-refractivity contribution in [2.75, 3.05) is 19.6 Å². The largest absolute Gasteiger partial charge is 0.480 e. The first-order chi connectivity index (χ1) is 9.43. The molecule has 0 saturated carbocycles. The SMILES string of the molecule is C=CCNC(=O)NC(=O)CN1CCC(C)CC1C(=O)O. The second kappa shape index (κ2) is 7.64. The lowest BCUT2D eigenvalue weighted by atomic mass is 9.92. The van der Waals surface area contributed by atoms with E-state index in [0.717, 1.165) is 6.42 Å². The van der Waals surface area contributed by atoms with E-state index in [1.165, 1.54) is 6.08 Å². The summed E-state index contributed by atoms with van der Waals surface area (Å²) < 4.78 is 0. The maximum absolute atomic E-state index is 11.7. The van der Waals surface area contributed by atoms with Crippen molar-refractivity contribution in [3.8, 4) is 0 Å². The molecule has 0 aliphatic carbocycles. The van der Waals surface area contributed by atoms with Crippen molar-refractivity contribution < 1.29 is 19.5 Å². The van der Waals surface area contributed by atoms with Crippen molar-refractivity contribution in [2.45, 2.75) is 25.8 Å². The first-order valence-electron chi connectivity index (χ1n) is 6.59. The number of rotatable bonds is 5. The highest BCUT2D eigenvalue weighted by atomic mass is 16.4. The van der Waals surface area contributed by atoms with Crippen LogP contribution >= 0.6 is 0 Å². The minimum Gasteiger partial charge on any atom is -0.480 e. The minimum absolute atomic E-state index is 0.0921. The summed E-state index contributed by atoms with van der Waals surface area (Å²) in [6.45, 7) is 6.15. The Morgan fingerprint density at radius 2 is 2.15 bits per heavy atom. The van der Waals surface area contributed by atoms with Gasteiger partial charge in [0.05, 0.1) is 6.54 Å².